The summed E-state index contributed by atoms with van der Waals surface area (Å²) in [4.78, 5) is 18.1. The first-order chi connectivity index (χ1) is 17.8. The Hall–Kier alpha value is -2.50. The van der Waals surface area contributed by atoms with Crippen LogP contribution in [0.2, 0.25) is 0 Å². The molecular weight excluding hydrogens is 494 g/mol. The molecule has 0 saturated carbocycles. The van der Waals surface area contributed by atoms with Crippen LogP contribution in [0.15, 0.2) is 53.4 Å². The minimum absolute atomic E-state index is 0.0703. The maximum Gasteiger partial charge on any atom is 0.243 e. The number of likely N-dealkylation sites (tertiary alicyclic amines) is 1. The molecule has 3 heterocycles. The summed E-state index contributed by atoms with van der Waals surface area (Å²) in [5.41, 5.74) is 1.64. The van der Waals surface area contributed by atoms with Gasteiger partial charge in [-0.25, -0.2) is 8.42 Å². The highest BCUT2D eigenvalue weighted by Crippen LogP contribution is 2.38. The minimum atomic E-state index is -3.70. The van der Waals surface area contributed by atoms with Crippen LogP contribution in [0.4, 0.5) is 0 Å². The molecule has 0 spiro atoms. The third kappa shape index (κ3) is 5.53. The summed E-state index contributed by atoms with van der Waals surface area (Å²) in [6, 6.07) is 14.6. The van der Waals surface area contributed by atoms with E-state index < -0.39 is 15.9 Å². The quantitative estimate of drug-likeness (QED) is 0.584. The molecule has 2 aromatic carbocycles. The van der Waals surface area contributed by atoms with Gasteiger partial charge in [-0.1, -0.05) is 30.3 Å². The second-order valence-electron chi connectivity index (χ2n) is 9.98. The summed E-state index contributed by atoms with van der Waals surface area (Å²) < 4.78 is 39.2. The van der Waals surface area contributed by atoms with Crippen molar-refractivity contribution in [3.05, 3.63) is 59.7 Å². The first-order valence-corrected chi connectivity index (χ1v) is 14.4. The van der Waals surface area contributed by atoms with Gasteiger partial charge in [0.2, 0.25) is 15.9 Å². The summed E-state index contributed by atoms with van der Waals surface area (Å²) in [7, 11) is -1.89. The molecule has 1 N–H and O–H groups in total. The van der Waals surface area contributed by atoms with E-state index in [-0.39, 0.29) is 22.9 Å². The Labute approximate surface area is 218 Å². The number of carbonyl (C=O) groups excluding carboxylic acids is 1. The molecule has 2 saturated heterocycles. The molecule has 0 aliphatic carbocycles. The molecule has 37 heavy (non-hydrogen) atoms. The predicted molar refractivity (Wildman–Crippen MR) is 138 cm³/mol. The normalized spacial score (nSPS) is 23.7. The molecular formula is C27H35N3O6S. The number of amides is 1. The Morgan fingerprint density at radius 2 is 1.84 bits per heavy atom. The van der Waals surface area contributed by atoms with Crippen LogP contribution in [0.3, 0.4) is 0 Å². The first kappa shape index (κ1) is 26.1. The average molecular weight is 530 g/mol. The lowest BCUT2D eigenvalue weighted by Gasteiger charge is -2.36. The van der Waals surface area contributed by atoms with Crippen molar-refractivity contribution in [2.45, 2.75) is 35.8 Å². The van der Waals surface area contributed by atoms with Crippen molar-refractivity contribution in [1.29, 1.82) is 0 Å². The van der Waals surface area contributed by atoms with Crippen LogP contribution in [0.5, 0.6) is 5.75 Å². The predicted octanol–water partition coefficient (Wildman–Crippen LogP) is 1.84. The number of rotatable bonds is 7. The van der Waals surface area contributed by atoms with E-state index in [2.05, 4.69) is 4.90 Å². The van der Waals surface area contributed by atoms with Crippen LogP contribution in [0, 0.1) is 0 Å². The highest BCUT2D eigenvalue weighted by molar-refractivity contribution is 7.89. The molecule has 200 valence electrons. The number of carbonyl (C=O) groups is 1. The topological polar surface area (TPSA) is 99.6 Å². The van der Waals surface area contributed by atoms with Gasteiger partial charge in [0.1, 0.15) is 5.75 Å². The SMILES string of the molecule is CN(C(=O)C1CCOc2ccc(S(=O)(=O)N3CCOCC3)cc21)[C@H](CN1CC[C@H](O)C1)c1ccccc1. The molecule has 0 aromatic heterocycles. The molecule has 1 unspecified atom stereocenters. The Morgan fingerprint density at radius 3 is 2.54 bits per heavy atom. The van der Waals surface area contributed by atoms with E-state index in [1.807, 2.05) is 37.4 Å². The monoisotopic (exact) mass is 529 g/mol. The number of aliphatic hydroxyl groups is 1. The maximum absolute atomic E-state index is 14.0. The first-order valence-electron chi connectivity index (χ1n) is 12.9. The Morgan fingerprint density at radius 1 is 1.08 bits per heavy atom. The summed E-state index contributed by atoms with van der Waals surface area (Å²) in [6.45, 7) is 3.74. The standard InChI is InChI=1S/C27H35N3O6S/c1-28(25(20-5-3-2-4-6-20)19-29-11-9-21(31)18-29)27(32)23-10-14-36-26-8-7-22(17-24(23)26)37(33,34)30-12-15-35-16-13-30/h2-8,17,21,23,25,31H,9-16,18-19H2,1H3/t21-,23?,25+/m0/s1. The summed E-state index contributed by atoms with van der Waals surface area (Å²) in [5.74, 6) is -0.0270. The number of morpholine rings is 1. The maximum atomic E-state index is 14.0. The van der Waals surface area contributed by atoms with E-state index in [0.717, 1.165) is 18.5 Å². The summed E-state index contributed by atoms with van der Waals surface area (Å²) >= 11 is 0. The molecule has 5 rings (SSSR count). The fourth-order valence-corrected chi connectivity index (χ4v) is 6.92. The fraction of sp³-hybridized carbons (Fsp3) is 0.519. The van der Waals surface area contributed by atoms with Crippen LogP contribution >= 0.6 is 0 Å². The van der Waals surface area contributed by atoms with Crippen LogP contribution in [0.25, 0.3) is 0 Å². The van der Waals surface area contributed by atoms with Gasteiger partial charge in [0.25, 0.3) is 0 Å². The van der Waals surface area contributed by atoms with Crippen molar-refractivity contribution < 1.29 is 27.8 Å². The number of β-amino-alcohol motifs (C(OH)–C–C–N with tert-alkyl or cyclic N) is 1. The smallest absolute Gasteiger partial charge is 0.243 e. The van der Waals surface area contributed by atoms with Gasteiger partial charge in [-0.05, 0) is 36.6 Å². The van der Waals surface area contributed by atoms with Gasteiger partial charge in [-0.2, -0.15) is 4.31 Å². The van der Waals surface area contributed by atoms with Gasteiger partial charge < -0.3 is 19.5 Å². The van der Waals surface area contributed by atoms with Crippen molar-refractivity contribution in [1.82, 2.24) is 14.1 Å². The Kier molecular flexibility index (Phi) is 7.83. The summed E-state index contributed by atoms with van der Waals surface area (Å²) in [6.07, 6.45) is 0.861. The third-order valence-electron chi connectivity index (χ3n) is 7.60. The lowest BCUT2D eigenvalue weighted by Crippen LogP contribution is -2.42. The van der Waals surface area contributed by atoms with Crippen LogP contribution in [-0.2, 0) is 19.6 Å². The number of hydrogen-bond acceptors (Lipinski definition) is 7. The van der Waals surface area contributed by atoms with Crippen molar-refractivity contribution in [3.8, 4) is 5.75 Å². The van der Waals surface area contributed by atoms with Crippen molar-refractivity contribution in [3.63, 3.8) is 0 Å². The lowest BCUT2D eigenvalue weighted by molar-refractivity contribution is -0.134. The lowest BCUT2D eigenvalue weighted by atomic mass is 9.91. The van der Waals surface area contributed by atoms with E-state index in [1.165, 1.54) is 4.31 Å². The van der Waals surface area contributed by atoms with Gasteiger partial charge in [-0.3, -0.25) is 9.69 Å². The van der Waals surface area contributed by atoms with E-state index in [1.54, 1.807) is 23.1 Å². The number of nitrogens with zero attached hydrogens (tertiary/aromatic N) is 3. The van der Waals surface area contributed by atoms with Crippen LogP contribution in [0.1, 0.15) is 35.9 Å². The Bertz CT molecular complexity index is 1200. The van der Waals surface area contributed by atoms with Crippen LogP contribution < -0.4 is 4.74 Å². The van der Waals surface area contributed by atoms with Gasteiger partial charge in [0.05, 0.1) is 42.8 Å². The zero-order valence-electron chi connectivity index (χ0n) is 21.2. The van der Waals surface area contributed by atoms with Crippen LogP contribution in [-0.4, -0.2) is 99.2 Å². The number of benzene rings is 2. The number of fused-ring (bicyclic) bond motifs is 1. The molecule has 1 amide bonds. The third-order valence-corrected chi connectivity index (χ3v) is 9.50. The van der Waals surface area contributed by atoms with Gasteiger partial charge in [-0.15, -0.1) is 0 Å². The van der Waals surface area contributed by atoms with Gasteiger partial charge in [0.15, 0.2) is 0 Å². The van der Waals surface area contributed by atoms with E-state index in [9.17, 15) is 18.3 Å². The minimum Gasteiger partial charge on any atom is -0.493 e. The van der Waals surface area contributed by atoms with Crippen molar-refractivity contribution in [2.75, 3.05) is 59.6 Å². The largest absolute Gasteiger partial charge is 0.493 e. The number of aliphatic hydroxyl groups excluding tert-OH is 1. The Balaban J connectivity index is 1.42. The molecule has 0 radical (unpaired) electrons. The van der Waals surface area contributed by atoms with E-state index in [4.69, 9.17) is 9.47 Å². The second-order valence-corrected chi connectivity index (χ2v) is 11.9. The number of likely N-dealkylation sites (N-methyl/N-ethyl adjacent to an activating group) is 1. The summed E-state index contributed by atoms with van der Waals surface area (Å²) in [5, 5.41) is 10.0. The molecule has 3 atom stereocenters. The van der Waals surface area contributed by atoms with Gasteiger partial charge in [0, 0.05) is 45.3 Å². The van der Waals surface area contributed by atoms with Crippen molar-refractivity contribution >= 4 is 15.9 Å². The molecule has 10 heteroatoms. The van der Waals surface area contributed by atoms with Gasteiger partial charge >= 0.3 is 0 Å². The molecule has 0 bridgehead atoms. The molecule has 3 aliphatic rings. The fourth-order valence-electron chi connectivity index (χ4n) is 5.47. The second kappa shape index (κ2) is 11.1. The zero-order valence-corrected chi connectivity index (χ0v) is 22.0. The van der Waals surface area contributed by atoms with E-state index in [0.29, 0.717) is 63.7 Å². The molecule has 2 fully saturated rings. The average Bonchev–Trinajstić information content (AvgIpc) is 3.35. The number of ether oxygens (including phenoxy) is 2. The molecule has 2 aromatic rings. The molecule has 3 aliphatic heterocycles. The van der Waals surface area contributed by atoms with Crippen molar-refractivity contribution in [2.24, 2.45) is 0 Å². The highest BCUT2D eigenvalue weighted by atomic mass is 32.2. The van der Waals surface area contributed by atoms with E-state index >= 15 is 0 Å². The zero-order chi connectivity index (χ0) is 26.0. The number of sulfonamides is 1. The highest BCUT2D eigenvalue weighted by Gasteiger charge is 2.36. The number of hydrogen-bond donors (Lipinski definition) is 1. The molecule has 9 nitrogen and oxygen atoms in total.